The van der Waals surface area contributed by atoms with Gasteiger partial charge in [-0.05, 0) is 38.8 Å². The molecular formula is C17H22N4O2. The number of aromatic nitrogens is 3. The molecule has 2 aromatic heterocycles. The molecule has 1 atom stereocenters. The standard InChI is InChI=1S/C17H22N4O2/c1-3-23-16-14(7-4-8-18-16)17(22)21-9-5-6-13(11-21)15-19-10-12(2)20-15/h4,7-8,10,13H,3,5-6,9,11H2,1-2H3,(H,19,20). The van der Waals surface area contributed by atoms with Gasteiger partial charge in [0.25, 0.3) is 5.91 Å². The number of aryl methyl sites for hydroxylation is 1. The van der Waals surface area contributed by atoms with Gasteiger partial charge in [-0.15, -0.1) is 0 Å². The Hall–Kier alpha value is -2.37. The zero-order valence-corrected chi connectivity index (χ0v) is 13.6. The molecule has 0 spiro atoms. The summed E-state index contributed by atoms with van der Waals surface area (Å²) < 4.78 is 5.49. The summed E-state index contributed by atoms with van der Waals surface area (Å²) in [7, 11) is 0. The highest BCUT2D eigenvalue weighted by atomic mass is 16.5. The fourth-order valence-electron chi connectivity index (χ4n) is 3.00. The fraction of sp³-hybridized carbons (Fsp3) is 0.471. The second kappa shape index (κ2) is 6.81. The van der Waals surface area contributed by atoms with Crippen LogP contribution >= 0.6 is 0 Å². The number of piperidine rings is 1. The van der Waals surface area contributed by atoms with Gasteiger partial charge in [-0.2, -0.15) is 0 Å². The van der Waals surface area contributed by atoms with Crippen molar-refractivity contribution in [3.8, 4) is 5.88 Å². The average Bonchev–Trinajstić information content (AvgIpc) is 3.02. The van der Waals surface area contributed by atoms with Crippen LogP contribution in [0.15, 0.2) is 24.5 Å². The highest BCUT2D eigenvalue weighted by Crippen LogP contribution is 2.27. The van der Waals surface area contributed by atoms with Crippen molar-refractivity contribution >= 4 is 5.91 Å². The maximum absolute atomic E-state index is 12.9. The number of ether oxygens (including phenoxy) is 1. The van der Waals surface area contributed by atoms with Gasteiger partial charge < -0.3 is 14.6 Å². The molecule has 1 unspecified atom stereocenters. The minimum atomic E-state index is -0.0190. The summed E-state index contributed by atoms with van der Waals surface area (Å²) in [5, 5.41) is 0. The molecule has 3 rings (SSSR count). The van der Waals surface area contributed by atoms with Crippen LogP contribution in [0.4, 0.5) is 0 Å². The number of nitrogens with one attached hydrogen (secondary N) is 1. The number of hydrogen-bond donors (Lipinski definition) is 1. The largest absolute Gasteiger partial charge is 0.477 e. The Labute approximate surface area is 135 Å². The van der Waals surface area contributed by atoms with Crippen LogP contribution in [0.25, 0.3) is 0 Å². The van der Waals surface area contributed by atoms with E-state index in [2.05, 4.69) is 15.0 Å². The number of amides is 1. The minimum absolute atomic E-state index is 0.0190. The molecule has 0 radical (unpaired) electrons. The number of carbonyl (C=O) groups excluding carboxylic acids is 1. The van der Waals surface area contributed by atoms with Crippen molar-refractivity contribution in [3.63, 3.8) is 0 Å². The Balaban J connectivity index is 1.77. The van der Waals surface area contributed by atoms with E-state index < -0.39 is 0 Å². The zero-order chi connectivity index (χ0) is 16.2. The summed E-state index contributed by atoms with van der Waals surface area (Å²) in [4.78, 5) is 26.6. The third-order valence-electron chi connectivity index (χ3n) is 4.10. The molecule has 1 saturated heterocycles. The third-order valence-corrected chi connectivity index (χ3v) is 4.10. The lowest BCUT2D eigenvalue weighted by Crippen LogP contribution is -2.39. The molecule has 6 nitrogen and oxygen atoms in total. The van der Waals surface area contributed by atoms with Gasteiger partial charge >= 0.3 is 0 Å². The Kier molecular flexibility index (Phi) is 4.60. The minimum Gasteiger partial charge on any atom is -0.477 e. The molecule has 0 aromatic carbocycles. The summed E-state index contributed by atoms with van der Waals surface area (Å²) in [6, 6.07) is 3.55. The molecule has 6 heteroatoms. The number of nitrogens with zero attached hydrogens (tertiary/aromatic N) is 3. The highest BCUT2D eigenvalue weighted by molar-refractivity contribution is 5.96. The van der Waals surface area contributed by atoms with Crippen molar-refractivity contribution in [1.82, 2.24) is 19.9 Å². The van der Waals surface area contributed by atoms with E-state index in [9.17, 15) is 4.79 Å². The first-order valence-corrected chi connectivity index (χ1v) is 8.07. The summed E-state index contributed by atoms with van der Waals surface area (Å²) in [6.07, 6.45) is 5.50. The predicted molar refractivity (Wildman–Crippen MR) is 86.6 cm³/mol. The second-order valence-electron chi connectivity index (χ2n) is 5.83. The van der Waals surface area contributed by atoms with Crippen molar-refractivity contribution in [2.75, 3.05) is 19.7 Å². The lowest BCUT2D eigenvalue weighted by Gasteiger charge is -2.32. The van der Waals surface area contributed by atoms with E-state index in [1.807, 2.05) is 24.9 Å². The summed E-state index contributed by atoms with van der Waals surface area (Å²) in [6.45, 7) is 5.80. The first-order valence-electron chi connectivity index (χ1n) is 8.07. The molecule has 23 heavy (non-hydrogen) atoms. The van der Waals surface area contributed by atoms with Crippen LogP contribution in [0.5, 0.6) is 5.88 Å². The van der Waals surface area contributed by atoms with E-state index in [-0.39, 0.29) is 11.8 Å². The predicted octanol–water partition coefficient (Wildman–Crippen LogP) is 2.53. The smallest absolute Gasteiger partial charge is 0.259 e. The number of pyridine rings is 1. The molecule has 0 saturated carbocycles. The van der Waals surface area contributed by atoms with Crippen LogP contribution in [-0.4, -0.2) is 45.5 Å². The number of aromatic amines is 1. The second-order valence-corrected chi connectivity index (χ2v) is 5.83. The Morgan fingerprint density at radius 3 is 3.09 bits per heavy atom. The maximum atomic E-state index is 12.9. The van der Waals surface area contributed by atoms with Crippen molar-refractivity contribution in [1.29, 1.82) is 0 Å². The van der Waals surface area contributed by atoms with Gasteiger partial charge in [0.15, 0.2) is 0 Å². The van der Waals surface area contributed by atoms with Gasteiger partial charge in [-0.25, -0.2) is 9.97 Å². The van der Waals surface area contributed by atoms with Crippen molar-refractivity contribution in [2.24, 2.45) is 0 Å². The number of H-pyrrole nitrogens is 1. The first kappa shape index (κ1) is 15.5. The third kappa shape index (κ3) is 3.36. The van der Waals surface area contributed by atoms with Crippen LogP contribution in [-0.2, 0) is 0 Å². The van der Waals surface area contributed by atoms with Crippen molar-refractivity contribution < 1.29 is 9.53 Å². The number of imidazole rings is 1. The summed E-state index contributed by atoms with van der Waals surface area (Å²) in [5.74, 6) is 1.62. The molecule has 1 N–H and O–H groups in total. The van der Waals surface area contributed by atoms with Crippen LogP contribution in [0.3, 0.4) is 0 Å². The van der Waals surface area contributed by atoms with Crippen LogP contribution in [0.1, 0.15) is 47.6 Å². The van der Waals surface area contributed by atoms with E-state index in [0.29, 0.717) is 24.6 Å². The van der Waals surface area contributed by atoms with Crippen LogP contribution in [0.2, 0.25) is 0 Å². The molecular weight excluding hydrogens is 292 g/mol. The Bertz CT molecular complexity index is 683. The van der Waals surface area contributed by atoms with Crippen LogP contribution < -0.4 is 4.74 Å². The van der Waals surface area contributed by atoms with Crippen molar-refractivity contribution in [3.05, 3.63) is 41.6 Å². The van der Waals surface area contributed by atoms with Gasteiger partial charge in [-0.3, -0.25) is 4.79 Å². The van der Waals surface area contributed by atoms with E-state index >= 15 is 0 Å². The molecule has 1 aliphatic rings. The quantitative estimate of drug-likeness (QED) is 0.941. The number of hydrogen-bond acceptors (Lipinski definition) is 4. The number of carbonyl (C=O) groups is 1. The SMILES string of the molecule is CCOc1ncccc1C(=O)N1CCCC(c2ncc(C)[nH]2)C1. The van der Waals surface area contributed by atoms with E-state index in [0.717, 1.165) is 30.9 Å². The Morgan fingerprint density at radius 2 is 2.35 bits per heavy atom. The summed E-state index contributed by atoms with van der Waals surface area (Å²) in [5.41, 5.74) is 1.58. The van der Waals surface area contributed by atoms with Crippen LogP contribution in [0, 0.1) is 6.92 Å². The molecule has 2 aromatic rings. The number of rotatable bonds is 4. The molecule has 0 bridgehead atoms. The molecule has 3 heterocycles. The van der Waals surface area contributed by atoms with Gasteiger partial charge in [0.1, 0.15) is 11.4 Å². The highest BCUT2D eigenvalue weighted by Gasteiger charge is 2.28. The normalized spacial score (nSPS) is 18.0. The summed E-state index contributed by atoms with van der Waals surface area (Å²) >= 11 is 0. The maximum Gasteiger partial charge on any atom is 0.259 e. The van der Waals surface area contributed by atoms with Gasteiger partial charge in [0.2, 0.25) is 5.88 Å². The van der Waals surface area contributed by atoms with E-state index in [1.54, 1.807) is 18.3 Å². The first-order chi connectivity index (χ1) is 11.2. The van der Waals surface area contributed by atoms with Gasteiger partial charge in [0, 0.05) is 37.1 Å². The fourth-order valence-corrected chi connectivity index (χ4v) is 3.00. The molecule has 122 valence electrons. The molecule has 1 aliphatic heterocycles. The van der Waals surface area contributed by atoms with Gasteiger partial charge in [0.05, 0.1) is 6.61 Å². The monoisotopic (exact) mass is 314 g/mol. The van der Waals surface area contributed by atoms with Gasteiger partial charge in [-0.1, -0.05) is 0 Å². The topological polar surface area (TPSA) is 71.1 Å². The molecule has 0 aliphatic carbocycles. The van der Waals surface area contributed by atoms with E-state index in [1.165, 1.54) is 0 Å². The Morgan fingerprint density at radius 1 is 1.48 bits per heavy atom. The lowest BCUT2D eigenvalue weighted by molar-refractivity contribution is 0.0699. The van der Waals surface area contributed by atoms with E-state index in [4.69, 9.17) is 4.74 Å². The zero-order valence-electron chi connectivity index (χ0n) is 13.6. The molecule has 1 amide bonds. The van der Waals surface area contributed by atoms with Crippen molar-refractivity contribution in [2.45, 2.75) is 32.6 Å². The lowest BCUT2D eigenvalue weighted by atomic mass is 9.97. The average molecular weight is 314 g/mol. The number of likely N-dealkylation sites (tertiary alicyclic amines) is 1. The molecule has 1 fully saturated rings.